The molecule has 3 N–H and O–H groups in total. The number of H-pyrrole nitrogens is 1. The number of carboxylic acids is 1. The smallest absolute Gasteiger partial charge is 0.326 e. The highest BCUT2D eigenvalue weighted by atomic mass is 35.5. The van der Waals surface area contributed by atoms with Gasteiger partial charge in [-0.3, -0.25) is 4.79 Å². The van der Waals surface area contributed by atoms with Crippen LogP contribution in [0.25, 0.3) is 0 Å². The Bertz CT molecular complexity index is 463. The lowest BCUT2D eigenvalue weighted by molar-refractivity contribution is -0.139. The summed E-state index contributed by atoms with van der Waals surface area (Å²) < 4.78 is 0. The van der Waals surface area contributed by atoms with Gasteiger partial charge in [0.2, 0.25) is 0 Å². The zero-order chi connectivity index (χ0) is 14.6. The zero-order valence-electron chi connectivity index (χ0n) is 11.3. The van der Waals surface area contributed by atoms with Gasteiger partial charge in [-0.25, -0.2) is 4.79 Å². The average Bonchev–Trinajstić information content (AvgIpc) is 2.69. The molecule has 1 atom stereocenters. The molecule has 1 heterocycles. The van der Waals surface area contributed by atoms with E-state index in [9.17, 15) is 9.59 Å². The van der Waals surface area contributed by atoms with Crippen LogP contribution in [-0.2, 0) is 4.79 Å². The molecule has 0 unspecified atom stereocenters. The fourth-order valence-corrected chi connectivity index (χ4v) is 1.73. The summed E-state index contributed by atoms with van der Waals surface area (Å²) in [4.78, 5) is 25.7. The van der Waals surface area contributed by atoms with E-state index in [-0.39, 0.29) is 11.1 Å². The molecular formula is C13H19ClN2O3. The van der Waals surface area contributed by atoms with Gasteiger partial charge in [-0.15, -0.1) is 0 Å². The molecule has 0 aromatic carbocycles. The maximum absolute atomic E-state index is 11.8. The standard InChI is InChI=1S/C13H19ClN2O3/c1-13(2,3)5-4-9(12(18)19)16-11(17)10-6-8(14)7-15-10/h6-7,9,15H,4-5H2,1-3H3,(H,16,17)(H,18,19)/t9-/m0/s1. The van der Waals surface area contributed by atoms with Gasteiger partial charge in [0, 0.05) is 6.20 Å². The van der Waals surface area contributed by atoms with Gasteiger partial charge in [0.15, 0.2) is 0 Å². The number of halogens is 1. The maximum atomic E-state index is 11.8. The summed E-state index contributed by atoms with van der Waals surface area (Å²) >= 11 is 5.70. The van der Waals surface area contributed by atoms with Crippen LogP contribution in [0.4, 0.5) is 0 Å². The second-order valence-electron chi connectivity index (χ2n) is 5.70. The van der Waals surface area contributed by atoms with E-state index in [2.05, 4.69) is 10.3 Å². The van der Waals surface area contributed by atoms with E-state index in [0.29, 0.717) is 17.9 Å². The largest absolute Gasteiger partial charge is 0.480 e. The summed E-state index contributed by atoms with van der Waals surface area (Å²) in [5.41, 5.74) is 0.278. The predicted molar refractivity (Wildman–Crippen MR) is 73.4 cm³/mol. The number of aliphatic carboxylic acids is 1. The molecule has 0 saturated heterocycles. The van der Waals surface area contributed by atoms with Crippen LogP contribution < -0.4 is 5.32 Å². The minimum absolute atomic E-state index is 0.0220. The first-order chi connectivity index (χ1) is 8.69. The lowest BCUT2D eigenvalue weighted by Crippen LogP contribution is -2.41. The summed E-state index contributed by atoms with van der Waals surface area (Å²) in [5, 5.41) is 12.0. The minimum atomic E-state index is -1.03. The number of hydrogen-bond acceptors (Lipinski definition) is 2. The number of carbonyl (C=O) groups is 2. The van der Waals surface area contributed by atoms with Crippen molar-refractivity contribution in [3.63, 3.8) is 0 Å². The van der Waals surface area contributed by atoms with Crippen molar-refractivity contribution in [2.45, 2.75) is 39.7 Å². The number of aromatic nitrogens is 1. The fourth-order valence-electron chi connectivity index (χ4n) is 1.57. The highest BCUT2D eigenvalue weighted by molar-refractivity contribution is 6.30. The molecule has 19 heavy (non-hydrogen) atoms. The lowest BCUT2D eigenvalue weighted by Gasteiger charge is -2.21. The predicted octanol–water partition coefficient (Wildman–Crippen LogP) is 2.68. The van der Waals surface area contributed by atoms with Gasteiger partial charge in [0.25, 0.3) is 5.91 Å². The van der Waals surface area contributed by atoms with Crippen LogP contribution in [0.5, 0.6) is 0 Å². The van der Waals surface area contributed by atoms with Gasteiger partial charge < -0.3 is 15.4 Å². The first-order valence-corrected chi connectivity index (χ1v) is 6.44. The Kier molecular flexibility index (Phi) is 5.00. The number of hydrogen-bond donors (Lipinski definition) is 3. The summed E-state index contributed by atoms with van der Waals surface area (Å²) in [6.45, 7) is 6.08. The Morgan fingerprint density at radius 2 is 2.11 bits per heavy atom. The Morgan fingerprint density at radius 1 is 1.47 bits per heavy atom. The van der Waals surface area contributed by atoms with E-state index in [0.717, 1.165) is 0 Å². The molecule has 0 saturated carbocycles. The highest BCUT2D eigenvalue weighted by Gasteiger charge is 2.23. The van der Waals surface area contributed by atoms with Crippen molar-refractivity contribution in [2.24, 2.45) is 5.41 Å². The molecule has 0 radical (unpaired) electrons. The van der Waals surface area contributed by atoms with Gasteiger partial charge in [-0.1, -0.05) is 32.4 Å². The third-order valence-electron chi connectivity index (χ3n) is 2.68. The fraction of sp³-hybridized carbons (Fsp3) is 0.538. The number of carbonyl (C=O) groups excluding carboxylic acids is 1. The van der Waals surface area contributed by atoms with E-state index < -0.39 is 17.9 Å². The highest BCUT2D eigenvalue weighted by Crippen LogP contribution is 2.21. The van der Waals surface area contributed by atoms with Crippen LogP contribution in [-0.4, -0.2) is 28.0 Å². The van der Waals surface area contributed by atoms with Crippen molar-refractivity contribution < 1.29 is 14.7 Å². The van der Waals surface area contributed by atoms with Gasteiger partial charge >= 0.3 is 5.97 Å². The molecule has 0 aliphatic heterocycles. The molecule has 1 amide bonds. The molecule has 6 heteroatoms. The van der Waals surface area contributed by atoms with Crippen molar-refractivity contribution >= 4 is 23.5 Å². The van der Waals surface area contributed by atoms with E-state index in [4.69, 9.17) is 16.7 Å². The van der Waals surface area contributed by atoms with Crippen LogP contribution in [0, 0.1) is 5.41 Å². The molecule has 0 spiro atoms. The van der Waals surface area contributed by atoms with Crippen LogP contribution in [0.1, 0.15) is 44.1 Å². The topological polar surface area (TPSA) is 82.2 Å². The molecule has 1 aromatic heterocycles. The van der Waals surface area contributed by atoms with E-state index in [1.54, 1.807) is 0 Å². The summed E-state index contributed by atoms with van der Waals surface area (Å²) in [6, 6.07) is 0.563. The Hall–Kier alpha value is -1.49. The van der Waals surface area contributed by atoms with Crippen LogP contribution in [0.2, 0.25) is 5.02 Å². The first-order valence-electron chi connectivity index (χ1n) is 6.06. The Labute approximate surface area is 117 Å². The number of rotatable bonds is 5. The zero-order valence-corrected chi connectivity index (χ0v) is 12.0. The molecule has 0 fully saturated rings. The summed E-state index contributed by atoms with van der Waals surface area (Å²) in [5.74, 6) is -1.50. The van der Waals surface area contributed by atoms with Crippen molar-refractivity contribution in [3.05, 3.63) is 23.0 Å². The van der Waals surface area contributed by atoms with Crippen LogP contribution in [0.15, 0.2) is 12.3 Å². The quantitative estimate of drug-likeness (QED) is 0.778. The summed E-state index contributed by atoms with van der Waals surface area (Å²) in [7, 11) is 0. The normalized spacial score (nSPS) is 13.1. The third kappa shape index (κ3) is 5.34. The third-order valence-corrected chi connectivity index (χ3v) is 2.90. The lowest BCUT2D eigenvalue weighted by atomic mass is 9.88. The SMILES string of the molecule is CC(C)(C)CC[C@H](NC(=O)c1cc(Cl)c[nH]1)C(=O)O. The van der Waals surface area contributed by atoms with E-state index in [1.165, 1.54) is 12.3 Å². The molecule has 0 bridgehead atoms. The average molecular weight is 287 g/mol. The second kappa shape index (κ2) is 6.10. The van der Waals surface area contributed by atoms with Crippen molar-refractivity contribution in [3.8, 4) is 0 Å². The van der Waals surface area contributed by atoms with Gasteiger partial charge in [-0.05, 0) is 24.3 Å². The molecule has 106 valence electrons. The van der Waals surface area contributed by atoms with Crippen molar-refractivity contribution in [1.82, 2.24) is 10.3 Å². The maximum Gasteiger partial charge on any atom is 0.326 e. The number of amides is 1. The molecule has 1 aromatic rings. The Balaban J connectivity index is 2.63. The molecule has 0 aliphatic carbocycles. The van der Waals surface area contributed by atoms with Crippen LogP contribution in [0.3, 0.4) is 0 Å². The van der Waals surface area contributed by atoms with Gasteiger partial charge in [-0.2, -0.15) is 0 Å². The first kappa shape index (κ1) is 15.6. The molecule has 1 rings (SSSR count). The number of aromatic amines is 1. The van der Waals surface area contributed by atoms with Crippen molar-refractivity contribution in [1.29, 1.82) is 0 Å². The summed E-state index contributed by atoms with van der Waals surface area (Å²) in [6.07, 6.45) is 2.57. The minimum Gasteiger partial charge on any atom is -0.480 e. The van der Waals surface area contributed by atoms with Gasteiger partial charge in [0.1, 0.15) is 11.7 Å². The monoisotopic (exact) mass is 286 g/mol. The van der Waals surface area contributed by atoms with Crippen LogP contribution >= 0.6 is 11.6 Å². The number of nitrogens with one attached hydrogen (secondary N) is 2. The van der Waals surface area contributed by atoms with Gasteiger partial charge in [0.05, 0.1) is 5.02 Å². The molecular weight excluding hydrogens is 268 g/mol. The molecule has 5 nitrogen and oxygen atoms in total. The van der Waals surface area contributed by atoms with E-state index in [1.807, 2.05) is 20.8 Å². The molecule has 0 aliphatic rings. The number of carboxylic acid groups (broad SMARTS) is 1. The van der Waals surface area contributed by atoms with E-state index >= 15 is 0 Å². The van der Waals surface area contributed by atoms with Crippen molar-refractivity contribution in [2.75, 3.05) is 0 Å². The second-order valence-corrected chi connectivity index (χ2v) is 6.13. The Morgan fingerprint density at radius 3 is 2.53 bits per heavy atom.